The molecule has 2 unspecified atom stereocenters. The molecule has 0 aromatic carbocycles. The van der Waals surface area contributed by atoms with Crippen LogP contribution in [0.3, 0.4) is 0 Å². The van der Waals surface area contributed by atoms with Crippen molar-refractivity contribution in [3.8, 4) is 0 Å². The Morgan fingerprint density at radius 1 is 1.56 bits per heavy atom. The standard InChI is InChI=1S/C14H25N3O/c1-10(2)14-7-13(5-6-18-14)15-8-12-9-17(4)16-11(12)3/h9-10,13-15H,5-8H2,1-4H3. The number of rotatable bonds is 4. The van der Waals surface area contributed by atoms with Gasteiger partial charge in [0.1, 0.15) is 0 Å². The number of ether oxygens (including phenoxy) is 1. The van der Waals surface area contributed by atoms with Crippen LogP contribution in [-0.2, 0) is 18.3 Å². The first-order valence-electron chi connectivity index (χ1n) is 6.90. The Morgan fingerprint density at radius 2 is 2.33 bits per heavy atom. The lowest BCUT2D eigenvalue weighted by atomic mass is 9.95. The van der Waals surface area contributed by atoms with E-state index in [1.54, 1.807) is 0 Å². The molecule has 1 saturated heterocycles. The van der Waals surface area contributed by atoms with Crippen LogP contribution in [-0.4, -0.2) is 28.5 Å². The fourth-order valence-corrected chi connectivity index (χ4v) is 2.55. The van der Waals surface area contributed by atoms with Gasteiger partial charge < -0.3 is 10.1 Å². The van der Waals surface area contributed by atoms with Gasteiger partial charge in [-0.25, -0.2) is 0 Å². The topological polar surface area (TPSA) is 39.1 Å². The minimum absolute atomic E-state index is 0.409. The number of nitrogens with zero attached hydrogens (tertiary/aromatic N) is 2. The first-order valence-corrected chi connectivity index (χ1v) is 6.90. The zero-order valence-electron chi connectivity index (χ0n) is 11.9. The number of hydrogen-bond acceptors (Lipinski definition) is 3. The second kappa shape index (κ2) is 5.85. The highest BCUT2D eigenvalue weighted by atomic mass is 16.5. The summed E-state index contributed by atoms with van der Waals surface area (Å²) in [4.78, 5) is 0. The average Bonchev–Trinajstić information content (AvgIpc) is 2.65. The molecule has 1 aromatic heterocycles. The third kappa shape index (κ3) is 3.33. The smallest absolute Gasteiger partial charge is 0.0638 e. The Labute approximate surface area is 110 Å². The van der Waals surface area contributed by atoms with Gasteiger partial charge in [-0.2, -0.15) is 5.10 Å². The van der Waals surface area contributed by atoms with Crippen molar-refractivity contribution >= 4 is 0 Å². The van der Waals surface area contributed by atoms with Crippen molar-refractivity contribution in [3.63, 3.8) is 0 Å². The Morgan fingerprint density at radius 3 is 2.94 bits per heavy atom. The lowest BCUT2D eigenvalue weighted by Crippen LogP contribution is -2.40. The SMILES string of the molecule is Cc1nn(C)cc1CNC1CCOC(C(C)C)C1. The van der Waals surface area contributed by atoms with Crippen molar-refractivity contribution in [2.45, 2.75) is 52.3 Å². The fourth-order valence-electron chi connectivity index (χ4n) is 2.55. The summed E-state index contributed by atoms with van der Waals surface area (Å²) in [5.41, 5.74) is 2.42. The van der Waals surface area contributed by atoms with Gasteiger partial charge >= 0.3 is 0 Å². The first-order chi connectivity index (χ1) is 8.56. The van der Waals surface area contributed by atoms with Gasteiger partial charge in [-0.3, -0.25) is 4.68 Å². The van der Waals surface area contributed by atoms with Crippen LogP contribution in [0.4, 0.5) is 0 Å². The van der Waals surface area contributed by atoms with E-state index in [4.69, 9.17) is 4.74 Å². The van der Waals surface area contributed by atoms with E-state index in [-0.39, 0.29) is 0 Å². The highest BCUT2D eigenvalue weighted by Crippen LogP contribution is 2.20. The molecule has 1 N–H and O–H groups in total. The molecule has 1 aliphatic rings. The normalized spacial score (nSPS) is 24.7. The Bertz CT molecular complexity index is 386. The maximum absolute atomic E-state index is 5.79. The highest BCUT2D eigenvalue weighted by molar-refractivity contribution is 5.14. The fraction of sp³-hybridized carbons (Fsp3) is 0.786. The number of aryl methyl sites for hydroxylation is 2. The predicted molar refractivity (Wildman–Crippen MR) is 72.4 cm³/mol. The molecule has 2 heterocycles. The lowest BCUT2D eigenvalue weighted by Gasteiger charge is -2.32. The first kappa shape index (κ1) is 13.6. The van der Waals surface area contributed by atoms with Crippen LogP contribution >= 0.6 is 0 Å². The Kier molecular flexibility index (Phi) is 4.40. The predicted octanol–water partition coefficient (Wildman–Crippen LogP) is 2.02. The van der Waals surface area contributed by atoms with Crippen LogP contribution in [0.1, 0.15) is 37.9 Å². The molecule has 4 nitrogen and oxygen atoms in total. The molecule has 1 aliphatic heterocycles. The van der Waals surface area contributed by atoms with E-state index in [1.165, 1.54) is 5.56 Å². The van der Waals surface area contributed by atoms with E-state index >= 15 is 0 Å². The van der Waals surface area contributed by atoms with E-state index in [9.17, 15) is 0 Å². The average molecular weight is 251 g/mol. The van der Waals surface area contributed by atoms with Gasteiger partial charge in [-0.15, -0.1) is 0 Å². The third-order valence-electron chi connectivity index (χ3n) is 3.75. The van der Waals surface area contributed by atoms with Gasteiger partial charge in [0.15, 0.2) is 0 Å². The summed E-state index contributed by atoms with van der Waals surface area (Å²) in [7, 11) is 1.97. The highest BCUT2D eigenvalue weighted by Gasteiger charge is 2.24. The zero-order valence-corrected chi connectivity index (χ0v) is 11.9. The summed E-state index contributed by atoms with van der Waals surface area (Å²) in [6, 6.07) is 0.575. The molecule has 4 heteroatoms. The molecule has 2 rings (SSSR count). The zero-order chi connectivity index (χ0) is 13.1. The van der Waals surface area contributed by atoms with E-state index < -0.39 is 0 Å². The summed E-state index contributed by atoms with van der Waals surface area (Å²) in [6.07, 6.45) is 4.74. The molecular weight excluding hydrogens is 226 g/mol. The number of aromatic nitrogens is 2. The number of nitrogens with one attached hydrogen (secondary N) is 1. The third-order valence-corrected chi connectivity index (χ3v) is 3.75. The molecule has 0 saturated carbocycles. The molecule has 1 fully saturated rings. The van der Waals surface area contributed by atoms with Crippen LogP contribution in [0.25, 0.3) is 0 Å². The summed E-state index contributed by atoms with van der Waals surface area (Å²) in [6.45, 7) is 8.33. The summed E-state index contributed by atoms with van der Waals surface area (Å²) in [5, 5.41) is 8.01. The molecule has 18 heavy (non-hydrogen) atoms. The van der Waals surface area contributed by atoms with E-state index in [0.29, 0.717) is 18.1 Å². The van der Waals surface area contributed by atoms with Gasteiger partial charge in [0.2, 0.25) is 0 Å². The minimum Gasteiger partial charge on any atom is -0.378 e. The molecule has 0 spiro atoms. The summed E-state index contributed by atoms with van der Waals surface area (Å²) in [5.74, 6) is 0.606. The van der Waals surface area contributed by atoms with Crippen LogP contribution < -0.4 is 5.32 Å². The van der Waals surface area contributed by atoms with Crippen molar-refractivity contribution < 1.29 is 4.74 Å². The van der Waals surface area contributed by atoms with Crippen molar-refractivity contribution in [3.05, 3.63) is 17.5 Å². The van der Waals surface area contributed by atoms with E-state index in [1.807, 2.05) is 11.7 Å². The molecule has 1 aromatic rings. The van der Waals surface area contributed by atoms with Crippen LogP contribution in [0, 0.1) is 12.8 Å². The van der Waals surface area contributed by atoms with Gasteiger partial charge in [0, 0.05) is 38.0 Å². The van der Waals surface area contributed by atoms with Crippen LogP contribution in [0.2, 0.25) is 0 Å². The van der Waals surface area contributed by atoms with Crippen molar-refractivity contribution in [2.75, 3.05) is 6.61 Å². The monoisotopic (exact) mass is 251 g/mol. The molecule has 2 atom stereocenters. The van der Waals surface area contributed by atoms with E-state index in [2.05, 4.69) is 37.4 Å². The molecule has 0 aliphatic carbocycles. The lowest BCUT2D eigenvalue weighted by molar-refractivity contribution is -0.0245. The quantitative estimate of drug-likeness (QED) is 0.890. The second-order valence-corrected chi connectivity index (χ2v) is 5.67. The van der Waals surface area contributed by atoms with E-state index in [0.717, 1.165) is 31.7 Å². The second-order valence-electron chi connectivity index (χ2n) is 5.67. The van der Waals surface area contributed by atoms with Crippen molar-refractivity contribution in [1.29, 1.82) is 0 Å². The summed E-state index contributed by atoms with van der Waals surface area (Å²) >= 11 is 0. The molecule has 0 radical (unpaired) electrons. The molecule has 0 bridgehead atoms. The maximum atomic E-state index is 5.79. The van der Waals surface area contributed by atoms with Crippen LogP contribution in [0.5, 0.6) is 0 Å². The molecule has 102 valence electrons. The molecular formula is C14H25N3O. The van der Waals surface area contributed by atoms with Gasteiger partial charge in [-0.1, -0.05) is 13.8 Å². The summed E-state index contributed by atoms with van der Waals surface area (Å²) < 4.78 is 7.68. The molecule has 0 amide bonds. The van der Waals surface area contributed by atoms with Crippen molar-refractivity contribution in [1.82, 2.24) is 15.1 Å². The van der Waals surface area contributed by atoms with Crippen molar-refractivity contribution in [2.24, 2.45) is 13.0 Å². The largest absolute Gasteiger partial charge is 0.378 e. The minimum atomic E-state index is 0.409. The van der Waals surface area contributed by atoms with Gasteiger partial charge in [0.05, 0.1) is 11.8 Å². The van der Waals surface area contributed by atoms with Crippen LogP contribution in [0.15, 0.2) is 6.20 Å². The number of hydrogen-bond donors (Lipinski definition) is 1. The van der Waals surface area contributed by atoms with Gasteiger partial charge in [0.25, 0.3) is 0 Å². The Balaban J connectivity index is 1.84. The van der Waals surface area contributed by atoms with Gasteiger partial charge in [-0.05, 0) is 25.7 Å². The maximum Gasteiger partial charge on any atom is 0.0638 e. The Hall–Kier alpha value is -0.870.